The van der Waals surface area contributed by atoms with Crippen LogP contribution in [-0.4, -0.2) is 75.0 Å². The van der Waals surface area contributed by atoms with Gasteiger partial charge < -0.3 is 29.5 Å². The quantitative estimate of drug-likeness (QED) is 0.449. The summed E-state index contributed by atoms with van der Waals surface area (Å²) in [5, 5.41) is 19.4. The second-order valence-corrected chi connectivity index (χ2v) is 10.4. The fourth-order valence-corrected chi connectivity index (χ4v) is 4.78. The molecule has 2 aliphatic heterocycles. The van der Waals surface area contributed by atoms with Crippen molar-refractivity contribution in [3.63, 3.8) is 0 Å². The van der Waals surface area contributed by atoms with E-state index in [2.05, 4.69) is 27.6 Å². The third-order valence-electron chi connectivity index (χ3n) is 6.76. The first-order valence-corrected chi connectivity index (χ1v) is 13.0. The van der Waals surface area contributed by atoms with E-state index in [-0.39, 0.29) is 17.8 Å². The van der Waals surface area contributed by atoms with Crippen LogP contribution in [0.15, 0.2) is 34.9 Å². The fourth-order valence-electron chi connectivity index (χ4n) is 4.78. The molecule has 12 nitrogen and oxygen atoms in total. The van der Waals surface area contributed by atoms with Gasteiger partial charge in [-0.15, -0.1) is 0 Å². The maximum Gasteiger partial charge on any atom is 0.326 e. The maximum absolute atomic E-state index is 12.8. The average molecular weight is 536 g/mol. The van der Waals surface area contributed by atoms with Crippen molar-refractivity contribution in [2.24, 2.45) is 0 Å². The van der Waals surface area contributed by atoms with Gasteiger partial charge in [0.15, 0.2) is 5.82 Å². The number of aryl methyl sites for hydroxylation is 1. The van der Waals surface area contributed by atoms with Crippen molar-refractivity contribution >= 4 is 29.3 Å². The van der Waals surface area contributed by atoms with E-state index in [1.165, 1.54) is 13.8 Å². The number of benzene rings is 1. The number of rotatable bonds is 5. The molecule has 1 fully saturated rings. The van der Waals surface area contributed by atoms with Crippen LogP contribution in [-0.2, 0) is 22.5 Å². The van der Waals surface area contributed by atoms with Gasteiger partial charge in [-0.25, -0.2) is 14.8 Å². The number of carbonyl (C=O) groups excluding carboxylic acids is 2. The van der Waals surface area contributed by atoms with Gasteiger partial charge in [-0.05, 0) is 58.4 Å². The fraction of sp³-hybridized carbons (Fsp3) is 0.444. The van der Waals surface area contributed by atoms with Gasteiger partial charge in [0.05, 0.1) is 37.2 Å². The van der Waals surface area contributed by atoms with Crippen molar-refractivity contribution in [2.75, 3.05) is 41.8 Å². The highest BCUT2D eigenvalue weighted by atomic mass is 16.5. The Bertz CT molecular complexity index is 1370. The predicted molar refractivity (Wildman–Crippen MR) is 144 cm³/mol. The summed E-state index contributed by atoms with van der Waals surface area (Å²) in [6.45, 7) is 9.57. The molecule has 0 bridgehead atoms. The van der Waals surface area contributed by atoms with E-state index in [0.717, 1.165) is 22.6 Å². The van der Waals surface area contributed by atoms with Crippen molar-refractivity contribution in [3.8, 4) is 11.4 Å². The van der Waals surface area contributed by atoms with E-state index in [1.807, 2.05) is 12.1 Å². The molecular weight excluding hydrogens is 502 g/mol. The number of hydrogen-bond acceptors (Lipinski definition) is 9. The van der Waals surface area contributed by atoms with Gasteiger partial charge in [0.2, 0.25) is 5.88 Å². The summed E-state index contributed by atoms with van der Waals surface area (Å²) in [5.41, 5.74) is 2.33. The first kappa shape index (κ1) is 26.6. The zero-order chi connectivity index (χ0) is 27.7. The monoisotopic (exact) mass is 535 g/mol. The molecule has 1 saturated heterocycles. The maximum atomic E-state index is 12.8. The van der Waals surface area contributed by atoms with Crippen molar-refractivity contribution in [2.45, 2.75) is 52.3 Å². The van der Waals surface area contributed by atoms with Crippen LogP contribution in [0.2, 0.25) is 0 Å². The van der Waals surface area contributed by atoms with E-state index in [9.17, 15) is 14.7 Å². The molecule has 2 aromatic heterocycles. The number of morpholine rings is 1. The third-order valence-corrected chi connectivity index (χ3v) is 6.76. The minimum Gasteiger partial charge on any atom is -0.381 e. The molecule has 0 aliphatic carbocycles. The number of carbonyl (C=O) groups is 2. The van der Waals surface area contributed by atoms with E-state index in [0.29, 0.717) is 56.5 Å². The Morgan fingerprint density at radius 1 is 1.13 bits per heavy atom. The molecule has 0 saturated carbocycles. The number of nitrogens with zero attached hydrogens (tertiary/aromatic N) is 5. The smallest absolute Gasteiger partial charge is 0.326 e. The number of hydrogen-bond donors (Lipinski definition) is 3. The Labute approximate surface area is 226 Å². The molecule has 3 amide bonds. The lowest BCUT2D eigenvalue weighted by Gasteiger charge is -2.38. The summed E-state index contributed by atoms with van der Waals surface area (Å²) < 4.78 is 10.7. The van der Waals surface area contributed by atoms with Crippen LogP contribution in [0.25, 0.3) is 11.4 Å². The molecule has 2 aliphatic rings. The molecule has 3 aromatic rings. The molecule has 0 radical (unpaired) electrons. The predicted octanol–water partition coefficient (Wildman–Crippen LogP) is 2.96. The number of aliphatic hydroxyl groups is 1. The molecular formula is C27H33N7O5. The summed E-state index contributed by atoms with van der Waals surface area (Å²) in [6.07, 6.45) is 0.597. The summed E-state index contributed by atoms with van der Waals surface area (Å²) >= 11 is 0. The SMILES string of the molecule is Cc1cc(NC(=O)Nc2ccc(-c3nc4c(c(N5CCOCC5C)n3)CCN(C(=O)C(C)(C)O)C4)cc2)on1. The number of urea groups is 1. The second kappa shape index (κ2) is 10.6. The van der Waals surface area contributed by atoms with Gasteiger partial charge >= 0.3 is 6.03 Å². The summed E-state index contributed by atoms with van der Waals surface area (Å²) in [4.78, 5) is 38.9. The Morgan fingerprint density at radius 2 is 1.90 bits per heavy atom. The normalized spacial score (nSPS) is 17.5. The van der Waals surface area contributed by atoms with E-state index in [4.69, 9.17) is 19.2 Å². The van der Waals surface area contributed by atoms with E-state index < -0.39 is 11.6 Å². The number of amides is 3. The molecule has 4 heterocycles. The molecule has 5 rings (SSSR count). The number of fused-ring (bicyclic) bond motifs is 1. The zero-order valence-electron chi connectivity index (χ0n) is 22.5. The minimum absolute atomic E-state index is 0.139. The van der Waals surface area contributed by atoms with E-state index >= 15 is 0 Å². The van der Waals surface area contributed by atoms with Gasteiger partial charge in [0.1, 0.15) is 11.4 Å². The summed E-state index contributed by atoms with van der Waals surface area (Å²) in [5.74, 6) is 1.30. The number of aromatic nitrogens is 3. The number of anilines is 3. The van der Waals surface area contributed by atoms with Crippen LogP contribution < -0.4 is 15.5 Å². The van der Waals surface area contributed by atoms with Crippen LogP contribution in [0.5, 0.6) is 0 Å². The van der Waals surface area contributed by atoms with E-state index in [1.54, 1.807) is 30.0 Å². The lowest BCUT2D eigenvalue weighted by atomic mass is 10.0. The standard InChI is InChI=1S/C27H33N7O5/c1-16-13-22(39-32-16)30-26(36)28-19-7-5-18(6-8-19)23-29-21-14-33(25(35)27(3,4)37)10-9-20(21)24(31-23)34-11-12-38-15-17(34)2/h5-8,13,17,37H,9-12,14-15H2,1-4H3,(H2,28,30,36). The first-order valence-electron chi connectivity index (χ1n) is 13.0. The van der Waals surface area contributed by atoms with Crippen LogP contribution >= 0.6 is 0 Å². The largest absolute Gasteiger partial charge is 0.381 e. The van der Waals surface area contributed by atoms with Crippen LogP contribution in [0, 0.1) is 6.92 Å². The van der Waals surface area contributed by atoms with Crippen molar-refractivity contribution in [3.05, 3.63) is 47.3 Å². The third kappa shape index (κ3) is 5.86. The highest BCUT2D eigenvalue weighted by molar-refractivity contribution is 5.99. The van der Waals surface area contributed by atoms with Gasteiger partial charge in [0.25, 0.3) is 5.91 Å². The topological polar surface area (TPSA) is 146 Å². The van der Waals surface area contributed by atoms with Crippen LogP contribution in [0.3, 0.4) is 0 Å². The van der Waals surface area contributed by atoms with Crippen LogP contribution in [0.4, 0.5) is 22.2 Å². The lowest BCUT2D eigenvalue weighted by molar-refractivity contribution is -0.148. The Morgan fingerprint density at radius 3 is 2.56 bits per heavy atom. The number of ether oxygens (including phenoxy) is 1. The number of nitrogens with one attached hydrogen (secondary N) is 2. The van der Waals surface area contributed by atoms with Gasteiger partial charge in [-0.1, -0.05) is 5.16 Å². The van der Waals surface area contributed by atoms with Crippen molar-refractivity contribution in [1.82, 2.24) is 20.0 Å². The van der Waals surface area contributed by atoms with Gasteiger partial charge in [-0.2, -0.15) is 0 Å². The molecule has 12 heteroatoms. The zero-order valence-corrected chi connectivity index (χ0v) is 22.5. The Hall–Kier alpha value is -4.03. The van der Waals surface area contributed by atoms with Gasteiger partial charge in [-0.3, -0.25) is 10.1 Å². The minimum atomic E-state index is -1.46. The average Bonchev–Trinajstić information content (AvgIpc) is 3.31. The van der Waals surface area contributed by atoms with Crippen LogP contribution in [0.1, 0.15) is 37.7 Å². The first-order chi connectivity index (χ1) is 18.6. The molecule has 0 spiro atoms. The lowest BCUT2D eigenvalue weighted by Crippen LogP contribution is -2.48. The Kier molecular flexibility index (Phi) is 7.23. The molecule has 1 aromatic carbocycles. The molecule has 206 valence electrons. The highest BCUT2D eigenvalue weighted by Crippen LogP contribution is 2.32. The molecule has 1 atom stereocenters. The van der Waals surface area contributed by atoms with Crippen molar-refractivity contribution in [1.29, 1.82) is 0 Å². The Balaban J connectivity index is 1.42. The summed E-state index contributed by atoms with van der Waals surface area (Å²) in [6, 6.07) is 8.52. The van der Waals surface area contributed by atoms with Gasteiger partial charge in [0, 0.05) is 36.0 Å². The second-order valence-electron chi connectivity index (χ2n) is 10.4. The molecule has 1 unspecified atom stereocenters. The molecule has 3 N–H and O–H groups in total. The highest BCUT2D eigenvalue weighted by Gasteiger charge is 2.34. The van der Waals surface area contributed by atoms with Crippen molar-refractivity contribution < 1.29 is 24.0 Å². The molecule has 39 heavy (non-hydrogen) atoms. The summed E-state index contributed by atoms with van der Waals surface area (Å²) in [7, 11) is 0.